The van der Waals surface area contributed by atoms with E-state index in [1.807, 2.05) is 0 Å². The molecule has 1 aliphatic heterocycles. The molecule has 4 nitrogen and oxygen atoms in total. The Morgan fingerprint density at radius 1 is 1.26 bits per heavy atom. The van der Waals surface area contributed by atoms with Crippen LogP contribution in [-0.2, 0) is 4.79 Å². The van der Waals surface area contributed by atoms with Crippen molar-refractivity contribution in [2.24, 2.45) is 0 Å². The third-order valence-electron chi connectivity index (χ3n) is 4.70. The Bertz CT molecular complexity index is 301. The number of aliphatic hydroxyl groups is 1. The Morgan fingerprint density at radius 2 is 2.00 bits per heavy atom. The molecular weight excluding hydrogens is 240 g/mol. The van der Waals surface area contributed by atoms with Crippen LogP contribution in [-0.4, -0.2) is 47.2 Å². The number of hydrogen-bond donors (Lipinski definition) is 2. The molecule has 1 unspecified atom stereocenters. The fraction of sp³-hybridized carbons (Fsp3) is 0.933. The Kier molecular flexibility index (Phi) is 5.22. The molecule has 4 heteroatoms. The molecule has 1 saturated carbocycles. The third kappa shape index (κ3) is 3.93. The van der Waals surface area contributed by atoms with Gasteiger partial charge in [-0.15, -0.1) is 0 Å². The predicted octanol–water partition coefficient (Wildman–Crippen LogP) is 1.67. The van der Waals surface area contributed by atoms with E-state index in [0.29, 0.717) is 6.54 Å². The first kappa shape index (κ1) is 14.8. The topological polar surface area (TPSA) is 52.6 Å². The molecule has 0 aromatic heterocycles. The molecular formula is C15H28N2O2. The van der Waals surface area contributed by atoms with Crippen molar-refractivity contribution in [1.29, 1.82) is 0 Å². The third-order valence-corrected chi connectivity index (χ3v) is 4.70. The summed E-state index contributed by atoms with van der Waals surface area (Å²) in [4.78, 5) is 14.5. The molecule has 0 radical (unpaired) electrons. The first-order valence-corrected chi connectivity index (χ1v) is 7.89. The van der Waals surface area contributed by atoms with Gasteiger partial charge in [-0.25, -0.2) is 0 Å². The van der Waals surface area contributed by atoms with Gasteiger partial charge in [-0.1, -0.05) is 32.6 Å². The lowest BCUT2D eigenvalue weighted by Crippen LogP contribution is -2.53. The van der Waals surface area contributed by atoms with Gasteiger partial charge in [0.25, 0.3) is 0 Å². The van der Waals surface area contributed by atoms with Crippen molar-refractivity contribution in [3.63, 3.8) is 0 Å². The molecule has 1 amide bonds. The van der Waals surface area contributed by atoms with E-state index in [9.17, 15) is 9.90 Å². The van der Waals surface area contributed by atoms with Crippen LogP contribution in [0.2, 0.25) is 0 Å². The quantitative estimate of drug-likeness (QED) is 0.815. The Labute approximate surface area is 116 Å². The maximum absolute atomic E-state index is 12.3. The van der Waals surface area contributed by atoms with E-state index in [1.54, 1.807) is 0 Å². The second-order valence-electron chi connectivity index (χ2n) is 6.14. The summed E-state index contributed by atoms with van der Waals surface area (Å²) in [5.41, 5.74) is -0.653. The molecule has 2 aliphatic rings. The van der Waals surface area contributed by atoms with Crippen molar-refractivity contribution >= 4 is 5.91 Å². The molecule has 1 saturated heterocycles. The lowest BCUT2D eigenvalue weighted by atomic mass is 9.85. The summed E-state index contributed by atoms with van der Waals surface area (Å²) in [5, 5.41) is 13.4. The zero-order valence-electron chi connectivity index (χ0n) is 12.2. The molecule has 0 aromatic carbocycles. The van der Waals surface area contributed by atoms with E-state index in [0.717, 1.165) is 51.6 Å². The largest absolute Gasteiger partial charge is 0.388 e. The van der Waals surface area contributed by atoms with Crippen LogP contribution in [0.3, 0.4) is 0 Å². The van der Waals surface area contributed by atoms with E-state index in [4.69, 9.17) is 0 Å². The molecule has 2 fully saturated rings. The molecule has 2 rings (SSSR count). The first-order valence-electron chi connectivity index (χ1n) is 7.89. The maximum atomic E-state index is 12.3. The van der Waals surface area contributed by atoms with Crippen LogP contribution in [0.4, 0.5) is 0 Å². The van der Waals surface area contributed by atoms with E-state index in [-0.39, 0.29) is 11.9 Å². The van der Waals surface area contributed by atoms with E-state index in [2.05, 4.69) is 17.1 Å². The van der Waals surface area contributed by atoms with Gasteiger partial charge in [-0.05, 0) is 38.8 Å². The first-order chi connectivity index (χ1) is 9.14. The second kappa shape index (κ2) is 6.71. The van der Waals surface area contributed by atoms with Gasteiger partial charge < -0.3 is 10.4 Å². The lowest BCUT2D eigenvalue weighted by Gasteiger charge is -2.36. The summed E-state index contributed by atoms with van der Waals surface area (Å²) >= 11 is 0. The number of nitrogens with zero attached hydrogens (tertiary/aromatic N) is 1. The number of hydrogen-bond acceptors (Lipinski definition) is 3. The van der Waals surface area contributed by atoms with Crippen molar-refractivity contribution in [2.45, 2.75) is 69.9 Å². The van der Waals surface area contributed by atoms with Crippen LogP contribution in [0.15, 0.2) is 0 Å². The molecule has 2 N–H and O–H groups in total. The summed E-state index contributed by atoms with van der Waals surface area (Å²) < 4.78 is 0. The lowest BCUT2D eigenvalue weighted by molar-refractivity contribution is -0.129. The number of carbonyl (C=O) groups excluding carboxylic acids is 1. The number of carbonyl (C=O) groups is 1. The number of nitrogens with one attached hydrogen (secondary N) is 1. The Balaban J connectivity index is 1.82. The molecule has 110 valence electrons. The van der Waals surface area contributed by atoms with Crippen LogP contribution in [0, 0.1) is 0 Å². The van der Waals surface area contributed by atoms with E-state index < -0.39 is 5.60 Å². The molecule has 0 aromatic rings. The van der Waals surface area contributed by atoms with Crippen molar-refractivity contribution in [3.05, 3.63) is 0 Å². The zero-order chi connectivity index (χ0) is 13.7. The van der Waals surface area contributed by atoms with Crippen LogP contribution in [0.25, 0.3) is 0 Å². The molecule has 19 heavy (non-hydrogen) atoms. The molecule has 1 atom stereocenters. The van der Waals surface area contributed by atoms with Crippen LogP contribution < -0.4 is 5.32 Å². The normalized spacial score (nSPS) is 28.0. The van der Waals surface area contributed by atoms with Crippen LogP contribution in [0.1, 0.15) is 58.3 Å². The summed E-state index contributed by atoms with van der Waals surface area (Å²) in [6.45, 7) is 4.50. The van der Waals surface area contributed by atoms with Crippen molar-refractivity contribution < 1.29 is 9.90 Å². The minimum absolute atomic E-state index is 0.0194. The fourth-order valence-corrected chi connectivity index (χ4v) is 3.42. The monoisotopic (exact) mass is 268 g/mol. The Morgan fingerprint density at radius 3 is 2.68 bits per heavy atom. The van der Waals surface area contributed by atoms with Crippen molar-refractivity contribution in [3.8, 4) is 0 Å². The van der Waals surface area contributed by atoms with Gasteiger partial charge in [0.1, 0.15) is 0 Å². The summed E-state index contributed by atoms with van der Waals surface area (Å²) in [5.74, 6) is 0.112. The molecule has 1 heterocycles. The summed E-state index contributed by atoms with van der Waals surface area (Å²) in [6, 6.07) is 0.0194. The minimum Gasteiger partial charge on any atom is -0.388 e. The van der Waals surface area contributed by atoms with Gasteiger partial charge in [0, 0.05) is 6.54 Å². The number of piperidine rings is 1. The fourth-order valence-electron chi connectivity index (χ4n) is 3.42. The predicted molar refractivity (Wildman–Crippen MR) is 75.9 cm³/mol. The van der Waals surface area contributed by atoms with E-state index in [1.165, 1.54) is 12.8 Å². The average molecular weight is 268 g/mol. The highest BCUT2D eigenvalue weighted by Gasteiger charge is 2.32. The van der Waals surface area contributed by atoms with Gasteiger partial charge in [0.05, 0.1) is 11.6 Å². The van der Waals surface area contributed by atoms with Crippen molar-refractivity contribution in [2.75, 3.05) is 19.6 Å². The van der Waals surface area contributed by atoms with Gasteiger partial charge in [0.2, 0.25) is 5.91 Å². The smallest absolute Gasteiger partial charge is 0.237 e. The SMILES string of the molecule is CCN1CCCCC1C(=O)NCC1(O)CCCCC1. The summed E-state index contributed by atoms with van der Waals surface area (Å²) in [6.07, 6.45) is 8.32. The van der Waals surface area contributed by atoms with Gasteiger partial charge in [0.15, 0.2) is 0 Å². The number of likely N-dealkylation sites (N-methyl/N-ethyl adjacent to an activating group) is 1. The summed E-state index contributed by atoms with van der Waals surface area (Å²) in [7, 11) is 0. The van der Waals surface area contributed by atoms with Gasteiger partial charge in [-0.3, -0.25) is 9.69 Å². The van der Waals surface area contributed by atoms with Crippen LogP contribution >= 0.6 is 0 Å². The maximum Gasteiger partial charge on any atom is 0.237 e. The molecule has 0 bridgehead atoms. The number of rotatable bonds is 4. The zero-order valence-corrected chi connectivity index (χ0v) is 12.2. The highest BCUT2D eigenvalue weighted by atomic mass is 16.3. The standard InChI is InChI=1S/C15H28N2O2/c1-2-17-11-7-4-8-13(17)14(18)16-12-15(19)9-5-3-6-10-15/h13,19H,2-12H2,1H3,(H,16,18). The van der Waals surface area contributed by atoms with Crippen molar-refractivity contribution in [1.82, 2.24) is 10.2 Å². The highest BCUT2D eigenvalue weighted by molar-refractivity contribution is 5.81. The molecule has 0 spiro atoms. The number of likely N-dealkylation sites (tertiary alicyclic amines) is 1. The minimum atomic E-state index is -0.653. The van der Waals surface area contributed by atoms with Gasteiger partial charge in [-0.2, -0.15) is 0 Å². The Hall–Kier alpha value is -0.610. The highest BCUT2D eigenvalue weighted by Crippen LogP contribution is 2.27. The van der Waals surface area contributed by atoms with Crippen LogP contribution in [0.5, 0.6) is 0 Å². The number of amides is 1. The average Bonchev–Trinajstić information content (AvgIpc) is 2.45. The van der Waals surface area contributed by atoms with Gasteiger partial charge >= 0.3 is 0 Å². The van der Waals surface area contributed by atoms with E-state index >= 15 is 0 Å². The molecule has 1 aliphatic carbocycles. The second-order valence-corrected chi connectivity index (χ2v) is 6.14.